The molecule has 1 unspecified atom stereocenters. The molecule has 1 aromatic heterocycles. The lowest BCUT2D eigenvalue weighted by Gasteiger charge is -2.32. The number of piperidine rings is 1. The number of rotatable bonds is 13. The number of hydrogen-bond acceptors (Lipinski definition) is 6. The molecule has 1 N–H and O–H groups in total. The summed E-state index contributed by atoms with van der Waals surface area (Å²) in [5.41, 5.74) is 1.94. The minimum absolute atomic E-state index is 0.0296. The van der Waals surface area contributed by atoms with Gasteiger partial charge in [-0.3, -0.25) is 4.90 Å². The lowest BCUT2D eigenvalue weighted by atomic mass is 10.1. The van der Waals surface area contributed by atoms with Gasteiger partial charge in [-0.1, -0.05) is 47.3 Å². The maximum absolute atomic E-state index is 13.5. The molecule has 4 rings (SSSR count). The van der Waals surface area contributed by atoms with E-state index in [1.165, 1.54) is 0 Å². The Morgan fingerprint density at radius 3 is 2.64 bits per heavy atom. The number of halogens is 3. The van der Waals surface area contributed by atoms with Crippen LogP contribution in [-0.4, -0.2) is 54.1 Å². The van der Waals surface area contributed by atoms with Gasteiger partial charge in [0.1, 0.15) is 11.6 Å². The van der Waals surface area contributed by atoms with E-state index in [4.69, 9.17) is 9.47 Å². The third-order valence-corrected chi connectivity index (χ3v) is 7.64. The first-order chi connectivity index (χ1) is 18.7. The zero-order valence-electron chi connectivity index (χ0n) is 23.1. The number of ether oxygens (including phenoxy) is 2. The molecule has 3 aromatic rings. The van der Waals surface area contributed by atoms with Crippen molar-refractivity contribution < 1.29 is 18.3 Å². The summed E-state index contributed by atoms with van der Waals surface area (Å²) in [6.07, 6.45) is 5.66. The minimum Gasteiger partial charge on any atom is -0.493 e. The van der Waals surface area contributed by atoms with Gasteiger partial charge in [0, 0.05) is 22.3 Å². The molecule has 1 saturated heterocycles. The molecule has 212 valence electrons. The van der Waals surface area contributed by atoms with Gasteiger partial charge in [0.2, 0.25) is 0 Å². The van der Waals surface area contributed by atoms with E-state index in [9.17, 15) is 8.78 Å². The number of anilines is 1. The molecule has 9 heteroatoms. The quantitative estimate of drug-likeness (QED) is 0.200. The highest BCUT2D eigenvalue weighted by Crippen LogP contribution is 2.35. The number of alkyl halides is 2. The van der Waals surface area contributed by atoms with E-state index in [-0.39, 0.29) is 19.0 Å². The van der Waals surface area contributed by atoms with E-state index in [1.807, 2.05) is 36.1 Å². The molecular formula is C30H39BrF2N4O2. The Balaban J connectivity index is 1.29. The summed E-state index contributed by atoms with van der Waals surface area (Å²) >= 11 is 3.55. The van der Waals surface area contributed by atoms with Crippen LogP contribution in [0.25, 0.3) is 10.9 Å². The van der Waals surface area contributed by atoms with E-state index in [1.54, 1.807) is 7.11 Å². The third kappa shape index (κ3) is 8.48. The fourth-order valence-corrected chi connectivity index (χ4v) is 5.50. The highest BCUT2D eigenvalue weighted by atomic mass is 79.9. The first kappa shape index (κ1) is 29.5. The molecule has 0 bridgehead atoms. The first-order valence-corrected chi connectivity index (χ1v) is 14.6. The van der Waals surface area contributed by atoms with Crippen LogP contribution in [0.5, 0.6) is 11.5 Å². The Bertz CT molecular complexity index is 1240. The largest absolute Gasteiger partial charge is 0.493 e. The van der Waals surface area contributed by atoms with Crippen molar-refractivity contribution in [3.8, 4) is 11.5 Å². The molecule has 2 aromatic carbocycles. The van der Waals surface area contributed by atoms with Crippen LogP contribution in [0.4, 0.5) is 14.6 Å². The van der Waals surface area contributed by atoms with Crippen molar-refractivity contribution in [3.63, 3.8) is 0 Å². The molecule has 39 heavy (non-hydrogen) atoms. The van der Waals surface area contributed by atoms with Crippen molar-refractivity contribution in [2.24, 2.45) is 0 Å². The number of fused-ring (bicyclic) bond motifs is 1. The van der Waals surface area contributed by atoms with Crippen molar-refractivity contribution in [2.45, 2.75) is 70.8 Å². The SMILES string of the molecule is COc1cc2c(NC(C)c3cccc(Br)c3)nc(C)nc2cc1OCCCCCCCN1CCCC(F)(F)C1. The Morgan fingerprint density at radius 2 is 1.87 bits per heavy atom. The third-order valence-electron chi connectivity index (χ3n) is 7.14. The predicted molar refractivity (Wildman–Crippen MR) is 156 cm³/mol. The molecule has 1 fully saturated rings. The molecule has 6 nitrogen and oxygen atoms in total. The topological polar surface area (TPSA) is 59.5 Å². The molecular weight excluding hydrogens is 566 g/mol. The molecule has 1 atom stereocenters. The maximum atomic E-state index is 13.5. The summed E-state index contributed by atoms with van der Waals surface area (Å²) in [5, 5.41) is 4.41. The summed E-state index contributed by atoms with van der Waals surface area (Å²) in [5.74, 6) is 0.228. The predicted octanol–water partition coefficient (Wildman–Crippen LogP) is 7.94. The molecule has 1 aliphatic rings. The highest BCUT2D eigenvalue weighted by Gasteiger charge is 2.34. The zero-order chi connectivity index (χ0) is 27.8. The molecule has 0 aliphatic carbocycles. The first-order valence-electron chi connectivity index (χ1n) is 13.9. The van der Waals surface area contributed by atoms with Crippen molar-refractivity contribution in [3.05, 3.63) is 52.3 Å². The Labute approximate surface area is 238 Å². The number of unbranched alkanes of at least 4 members (excludes halogenated alkanes) is 4. The second-order valence-corrected chi connectivity index (χ2v) is 11.3. The minimum atomic E-state index is -2.51. The van der Waals surface area contributed by atoms with Crippen LogP contribution in [0.2, 0.25) is 0 Å². The molecule has 2 heterocycles. The second-order valence-electron chi connectivity index (χ2n) is 10.4. The highest BCUT2D eigenvalue weighted by molar-refractivity contribution is 9.10. The fraction of sp³-hybridized carbons (Fsp3) is 0.533. The molecule has 1 aliphatic heterocycles. The normalized spacial score (nSPS) is 16.3. The number of aromatic nitrogens is 2. The maximum Gasteiger partial charge on any atom is 0.260 e. The van der Waals surface area contributed by atoms with Crippen LogP contribution >= 0.6 is 15.9 Å². The van der Waals surface area contributed by atoms with E-state index in [0.29, 0.717) is 30.4 Å². The van der Waals surface area contributed by atoms with E-state index < -0.39 is 5.92 Å². The summed E-state index contributed by atoms with van der Waals surface area (Å²) in [4.78, 5) is 11.2. The van der Waals surface area contributed by atoms with Gasteiger partial charge >= 0.3 is 0 Å². The molecule has 0 amide bonds. The van der Waals surface area contributed by atoms with Gasteiger partial charge in [-0.2, -0.15) is 0 Å². The van der Waals surface area contributed by atoms with E-state index >= 15 is 0 Å². The lowest BCUT2D eigenvalue weighted by molar-refractivity contribution is -0.0640. The number of hydrogen-bond donors (Lipinski definition) is 1. The smallest absolute Gasteiger partial charge is 0.260 e. The van der Waals surface area contributed by atoms with Gasteiger partial charge in [0.05, 0.1) is 31.8 Å². The second kappa shape index (κ2) is 13.7. The number of methoxy groups -OCH3 is 1. The van der Waals surface area contributed by atoms with Crippen molar-refractivity contribution >= 4 is 32.7 Å². The Morgan fingerprint density at radius 1 is 1.08 bits per heavy atom. The van der Waals surface area contributed by atoms with Gasteiger partial charge in [-0.05, 0) is 70.0 Å². The van der Waals surface area contributed by atoms with Crippen LogP contribution in [0.3, 0.4) is 0 Å². The Kier molecular flexibility index (Phi) is 10.4. The number of benzene rings is 2. The van der Waals surface area contributed by atoms with E-state index in [0.717, 1.165) is 72.0 Å². The number of nitrogens with zero attached hydrogens (tertiary/aromatic N) is 3. The number of likely N-dealkylation sites (tertiary alicyclic amines) is 1. The lowest BCUT2D eigenvalue weighted by Crippen LogP contribution is -2.42. The van der Waals surface area contributed by atoms with Crippen LogP contribution in [-0.2, 0) is 0 Å². The van der Waals surface area contributed by atoms with Gasteiger partial charge in [0.15, 0.2) is 11.5 Å². The fourth-order valence-electron chi connectivity index (χ4n) is 5.09. The average Bonchev–Trinajstić information content (AvgIpc) is 2.89. The van der Waals surface area contributed by atoms with Gasteiger partial charge < -0.3 is 14.8 Å². The molecule has 0 radical (unpaired) electrons. The Hall–Kier alpha value is -2.52. The molecule has 0 spiro atoms. The van der Waals surface area contributed by atoms with Crippen LogP contribution in [0, 0.1) is 6.92 Å². The van der Waals surface area contributed by atoms with E-state index in [2.05, 4.69) is 50.3 Å². The van der Waals surface area contributed by atoms with Gasteiger partial charge in [-0.25, -0.2) is 18.7 Å². The van der Waals surface area contributed by atoms with Crippen LogP contribution in [0.15, 0.2) is 40.9 Å². The van der Waals surface area contributed by atoms with Crippen molar-refractivity contribution in [1.82, 2.24) is 14.9 Å². The monoisotopic (exact) mass is 604 g/mol. The standard InChI is InChI=1S/C30H39BrF2N4O2/c1-21(23-11-9-12-24(31)17-23)34-29-25-18-27(38-3)28(19-26(25)35-22(2)36-29)39-16-8-6-4-5-7-14-37-15-10-13-30(32,33)20-37/h9,11-12,17-19,21H,4-8,10,13-16,20H2,1-3H3,(H,34,35,36). The number of aryl methyl sites for hydroxylation is 1. The van der Waals surface area contributed by atoms with Gasteiger partial charge in [0.25, 0.3) is 5.92 Å². The summed E-state index contributed by atoms with van der Waals surface area (Å²) in [6, 6.07) is 12.1. The number of nitrogens with one attached hydrogen (secondary N) is 1. The van der Waals surface area contributed by atoms with Crippen molar-refractivity contribution in [1.29, 1.82) is 0 Å². The average molecular weight is 606 g/mol. The van der Waals surface area contributed by atoms with Crippen LogP contribution in [0.1, 0.15) is 69.3 Å². The summed E-state index contributed by atoms with van der Waals surface area (Å²) < 4.78 is 39.9. The zero-order valence-corrected chi connectivity index (χ0v) is 24.7. The van der Waals surface area contributed by atoms with Crippen LogP contribution < -0.4 is 14.8 Å². The van der Waals surface area contributed by atoms with Crippen molar-refractivity contribution in [2.75, 3.05) is 38.7 Å². The molecule has 0 saturated carbocycles. The van der Waals surface area contributed by atoms with Gasteiger partial charge in [-0.15, -0.1) is 0 Å². The summed E-state index contributed by atoms with van der Waals surface area (Å²) in [6.45, 7) is 6.04. The summed E-state index contributed by atoms with van der Waals surface area (Å²) in [7, 11) is 1.64.